The fourth-order valence-electron chi connectivity index (χ4n) is 2.14. The van der Waals surface area contributed by atoms with Crippen molar-refractivity contribution in [1.29, 1.82) is 0 Å². The van der Waals surface area contributed by atoms with E-state index in [9.17, 15) is 9.59 Å². The lowest BCUT2D eigenvalue weighted by Crippen LogP contribution is -2.25. The quantitative estimate of drug-likeness (QED) is 0.566. The van der Waals surface area contributed by atoms with Crippen LogP contribution < -0.4 is 10.6 Å². The number of hydrogen-bond acceptors (Lipinski definition) is 6. The molecule has 25 heavy (non-hydrogen) atoms. The molecular weight excluding hydrogens is 320 g/mol. The summed E-state index contributed by atoms with van der Waals surface area (Å²) < 4.78 is 5.05. The van der Waals surface area contributed by atoms with Crippen LogP contribution in [0.5, 0.6) is 0 Å². The molecule has 2 rings (SSSR count). The Morgan fingerprint density at radius 3 is 2.72 bits per heavy atom. The van der Waals surface area contributed by atoms with Gasteiger partial charge in [-0.15, -0.1) is 0 Å². The van der Waals surface area contributed by atoms with Crippen molar-refractivity contribution in [3.63, 3.8) is 0 Å². The van der Waals surface area contributed by atoms with E-state index in [4.69, 9.17) is 4.74 Å². The summed E-state index contributed by atoms with van der Waals surface area (Å²) in [6, 6.07) is 8.51. The van der Waals surface area contributed by atoms with E-state index in [2.05, 4.69) is 27.5 Å². The van der Waals surface area contributed by atoms with Gasteiger partial charge in [0.25, 0.3) is 5.91 Å². The number of hydrogen-bond donors (Lipinski definition) is 2. The van der Waals surface area contributed by atoms with Crippen molar-refractivity contribution in [3.8, 4) is 0 Å². The van der Waals surface area contributed by atoms with Gasteiger partial charge >= 0.3 is 5.97 Å². The van der Waals surface area contributed by atoms with Gasteiger partial charge in [-0.25, -0.2) is 14.8 Å². The topological polar surface area (TPSA) is 93.2 Å². The van der Waals surface area contributed by atoms with Gasteiger partial charge < -0.3 is 15.4 Å². The van der Waals surface area contributed by atoms with E-state index in [0.29, 0.717) is 30.2 Å². The average molecular weight is 342 g/mol. The van der Waals surface area contributed by atoms with Gasteiger partial charge in [0, 0.05) is 12.6 Å². The zero-order valence-electron chi connectivity index (χ0n) is 14.4. The molecule has 0 aliphatic carbocycles. The zero-order valence-corrected chi connectivity index (χ0v) is 14.4. The lowest BCUT2D eigenvalue weighted by Gasteiger charge is -2.11. The summed E-state index contributed by atoms with van der Waals surface area (Å²) >= 11 is 0. The number of benzene rings is 1. The van der Waals surface area contributed by atoms with E-state index in [-0.39, 0.29) is 11.6 Å². The predicted octanol–water partition coefficient (Wildman–Crippen LogP) is 2.93. The molecule has 2 aromatic rings. The third-order valence-electron chi connectivity index (χ3n) is 3.40. The second-order valence-electron chi connectivity index (χ2n) is 5.29. The van der Waals surface area contributed by atoms with Crippen LogP contribution in [0, 0.1) is 0 Å². The molecule has 1 amide bonds. The molecule has 0 saturated carbocycles. The van der Waals surface area contributed by atoms with Crippen LogP contribution in [0.3, 0.4) is 0 Å². The Morgan fingerprint density at radius 2 is 1.96 bits per heavy atom. The van der Waals surface area contributed by atoms with Crippen LogP contribution in [0.15, 0.2) is 36.7 Å². The molecule has 0 saturated heterocycles. The summed E-state index contributed by atoms with van der Waals surface area (Å²) in [6.07, 6.45) is 3.22. The molecule has 1 aromatic carbocycles. The summed E-state index contributed by atoms with van der Waals surface area (Å²) in [7, 11) is 0. The molecule has 7 nitrogen and oxygen atoms in total. The first-order valence-corrected chi connectivity index (χ1v) is 8.29. The molecule has 1 heterocycles. The fraction of sp³-hybridized carbons (Fsp3) is 0.333. The van der Waals surface area contributed by atoms with E-state index in [1.165, 1.54) is 6.33 Å². The average Bonchev–Trinajstić information content (AvgIpc) is 2.63. The Balaban J connectivity index is 2.15. The highest BCUT2D eigenvalue weighted by atomic mass is 16.5. The van der Waals surface area contributed by atoms with E-state index in [1.807, 2.05) is 0 Å². The summed E-state index contributed by atoms with van der Waals surface area (Å²) in [5.74, 6) is -0.248. The lowest BCUT2D eigenvalue weighted by molar-refractivity contribution is 0.0527. The van der Waals surface area contributed by atoms with Gasteiger partial charge in [0.05, 0.1) is 17.9 Å². The number of para-hydroxylation sites is 1. The van der Waals surface area contributed by atoms with Crippen molar-refractivity contribution >= 4 is 23.4 Å². The summed E-state index contributed by atoms with van der Waals surface area (Å²) in [5.41, 5.74) is 1.22. The number of carbonyl (C=O) groups is 2. The number of unbranched alkanes of at least 4 members (excludes halogenated alkanes) is 1. The van der Waals surface area contributed by atoms with Gasteiger partial charge in [0.1, 0.15) is 17.8 Å². The Kier molecular flexibility index (Phi) is 6.88. The minimum atomic E-state index is -0.419. The van der Waals surface area contributed by atoms with Crippen LogP contribution in [0.1, 0.15) is 47.5 Å². The number of aromatic nitrogens is 2. The Morgan fingerprint density at radius 1 is 1.16 bits per heavy atom. The van der Waals surface area contributed by atoms with E-state index in [1.54, 1.807) is 37.3 Å². The molecule has 1 aromatic heterocycles. The number of anilines is 2. The van der Waals surface area contributed by atoms with Gasteiger partial charge in [-0.1, -0.05) is 25.5 Å². The smallest absolute Gasteiger partial charge is 0.340 e. The molecule has 0 bridgehead atoms. The number of esters is 1. The standard InChI is InChI=1S/C18H22N4O3/c1-3-5-10-19-17(23)15-11-16(21-12-20-15)22-14-9-7-6-8-13(14)18(24)25-4-2/h6-9,11-12H,3-5,10H2,1-2H3,(H,19,23)(H,20,21,22). The molecule has 132 valence electrons. The number of nitrogens with one attached hydrogen (secondary N) is 2. The second kappa shape index (κ2) is 9.36. The maximum atomic E-state index is 12.1. The van der Waals surface area contributed by atoms with Crippen molar-refractivity contribution in [3.05, 3.63) is 47.9 Å². The van der Waals surface area contributed by atoms with Crippen molar-refractivity contribution in [1.82, 2.24) is 15.3 Å². The monoisotopic (exact) mass is 342 g/mol. The van der Waals surface area contributed by atoms with Crippen LogP contribution in [0.4, 0.5) is 11.5 Å². The van der Waals surface area contributed by atoms with E-state index in [0.717, 1.165) is 12.8 Å². The lowest BCUT2D eigenvalue weighted by atomic mass is 10.2. The maximum Gasteiger partial charge on any atom is 0.340 e. The van der Waals surface area contributed by atoms with Gasteiger partial charge in [-0.3, -0.25) is 4.79 Å². The third kappa shape index (κ3) is 5.27. The highest BCUT2D eigenvalue weighted by molar-refractivity contribution is 5.97. The SMILES string of the molecule is CCCCNC(=O)c1cc(Nc2ccccc2C(=O)OCC)ncn1. The van der Waals surface area contributed by atoms with Gasteiger partial charge in [0.15, 0.2) is 0 Å². The highest BCUT2D eigenvalue weighted by Crippen LogP contribution is 2.20. The minimum Gasteiger partial charge on any atom is -0.462 e. The van der Waals surface area contributed by atoms with E-state index >= 15 is 0 Å². The Bertz CT molecular complexity index is 734. The summed E-state index contributed by atoms with van der Waals surface area (Å²) in [4.78, 5) is 32.2. The number of carbonyl (C=O) groups excluding carboxylic acids is 2. The van der Waals surface area contributed by atoms with Crippen molar-refractivity contribution < 1.29 is 14.3 Å². The number of amides is 1. The molecule has 0 radical (unpaired) electrons. The van der Waals surface area contributed by atoms with Crippen LogP contribution in [0.25, 0.3) is 0 Å². The van der Waals surface area contributed by atoms with E-state index < -0.39 is 5.97 Å². The normalized spacial score (nSPS) is 10.2. The molecule has 0 aliphatic rings. The third-order valence-corrected chi connectivity index (χ3v) is 3.40. The summed E-state index contributed by atoms with van der Waals surface area (Å²) in [6.45, 7) is 4.71. The number of nitrogens with zero attached hydrogens (tertiary/aromatic N) is 2. The molecule has 0 unspecified atom stereocenters. The molecule has 0 spiro atoms. The number of rotatable bonds is 8. The first-order valence-electron chi connectivity index (χ1n) is 8.29. The molecule has 0 aliphatic heterocycles. The highest BCUT2D eigenvalue weighted by Gasteiger charge is 2.13. The first kappa shape index (κ1) is 18.4. The first-order chi connectivity index (χ1) is 12.2. The zero-order chi connectivity index (χ0) is 18.1. The minimum absolute atomic E-state index is 0.252. The van der Waals surface area contributed by atoms with Gasteiger partial charge in [-0.05, 0) is 25.5 Å². The fourth-order valence-corrected chi connectivity index (χ4v) is 2.14. The Labute approximate surface area is 146 Å². The predicted molar refractivity (Wildman–Crippen MR) is 95.0 cm³/mol. The second-order valence-corrected chi connectivity index (χ2v) is 5.29. The van der Waals surface area contributed by atoms with Crippen LogP contribution >= 0.6 is 0 Å². The van der Waals surface area contributed by atoms with Crippen LogP contribution in [0.2, 0.25) is 0 Å². The van der Waals surface area contributed by atoms with Crippen molar-refractivity contribution in [2.75, 3.05) is 18.5 Å². The summed E-state index contributed by atoms with van der Waals surface area (Å²) in [5, 5.41) is 5.85. The molecule has 7 heteroatoms. The Hall–Kier alpha value is -2.96. The molecule has 0 fully saturated rings. The largest absolute Gasteiger partial charge is 0.462 e. The van der Waals surface area contributed by atoms with Gasteiger partial charge in [-0.2, -0.15) is 0 Å². The van der Waals surface area contributed by atoms with Gasteiger partial charge in [0.2, 0.25) is 0 Å². The molecule has 0 atom stereocenters. The van der Waals surface area contributed by atoms with Crippen molar-refractivity contribution in [2.45, 2.75) is 26.7 Å². The van der Waals surface area contributed by atoms with Crippen molar-refractivity contribution in [2.24, 2.45) is 0 Å². The van der Waals surface area contributed by atoms with Crippen LogP contribution in [-0.4, -0.2) is 35.0 Å². The molecular formula is C18H22N4O3. The number of ether oxygens (including phenoxy) is 1. The molecule has 2 N–H and O–H groups in total. The van der Waals surface area contributed by atoms with Crippen LogP contribution in [-0.2, 0) is 4.74 Å². The maximum absolute atomic E-state index is 12.1.